The molecule has 0 saturated heterocycles. The third kappa shape index (κ3) is 5.02. The third-order valence-electron chi connectivity index (χ3n) is 4.26. The Morgan fingerprint density at radius 2 is 1.63 bits per heavy atom. The molecule has 0 bridgehead atoms. The molecule has 0 unspecified atom stereocenters. The van der Waals surface area contributed by atoms with Crippen LogP contribution in [0.1, 0.15) is 15.9 Å². The van der Waals surface area contributed by atoms with Gasteiger partial charge < -0.3 is 10.6 Å². The molecular formula is C20H17F3N4O3. The van der Waals surface area contributed by atoms with Crippen LogP contribution in [0.3, 0.4) is 0 Å². The lowest BCUT2D eigenvalue weighted by Crippen LogP contribution is -2.38. The molecule has 3 aromatic rings. The summed E-state index contributed by atoms with van der Waals surface area (Å²) in [6, 6.07) is 10.7. The van der Waals surface area contributed by atoms with Crippen molar-refractivity contribution < 1.29 is 22.8 Å². The summed E-state index contributed by atoms with van der Waals surface area (Å²) in [5, 5.41) is 10.1. The fourth-order valence-electron chi connectivity index (χ4n) is 2.72. The normalized spacial score (nSPS) is 11.3. The molecule has 0 spiro atoms. The van der Waals surface area contributed by atoms with Crippen molar-refractivity contribution in [2.75, 3.05) is 13.1 Å². The molecule has 0 radical (unpaired) electrons. The maximum atomic E-state index is 12.5. The van der Waals surface area contributed by atoms with E-state index in [1.54, 1.807) is 24.3 Å². The van der Waals surface area contributed by atoms with Gasteiger partial charge in [0.15, 0.2) is 0 Å². The molecule has 10 heteroatoms. The van der Waals surface area contributed by atoms with Gasteiger partial charge >= 0.3 is 6.18 Å². The summed E-state index contributed by atoms with van der Waals surface area (Å²) in [4.78, 5) is 36.3. The predicted molar refractivity (Wildman–Crippen MR) is 103 cm³/mol. The fourth-order valence-corrected chi connectivity index (χ4v) is 2.72. The van der Waals surface area contributed by atoms with Crippen LogP contribution in [0.15, 0.2) is 59.5 Å². The Labute approximate surface area is 168 Å². The first-order valence-electron chi connectivity index (χ1n) is 8.93. The molecule has 1 aromatic heterocycles. The lowest BCUT2D eigenvalue weighted by Gasteiger charge is -2.09. The molecule has 0 aliphatic rings. The molecule has 0 fully saturated rings. The van der Waals surface area contributed by atoms with E-state index < -0.39 is 23.6 Å². The molecule has 0 aliphatic heterocycles. The highest BCUT2D eigenvalue weighted by atomic mass is 19.4. The smallest absolute Gasteiger partial charge is 0.353 e. The van der Waals surface area contributed by atoms with Crippen LogP contribution < -0.4 is 16.2 Å². The van der Waals surface area contributed by atoms with Crippen molar-refractivity contribution in [3.05, 3.63) is 76.2 Å². The first-order valence-corrected chi connectivity index (χ1v) is 8.93. The van der Waals surface area contributed by atoms with Crippen molar-refractivity contribution in [3.8, 4) is 0 Å². The third-order valence-corrected chi connectivity index (χ3v) is 4.26. The highest BCUT2D eigenvalue weighted by molar-refractivity contribution is 5.94. The average molecular weight is 418 g/mol. The molecular weight excluding hydrogens is 401 g/mol. The number of carbonyl (C=O) groups is 2. The summed E-state index contributed by atoms with van der Waals surface area (Å²) in [6.45, 7) is -0.143. The molecule has 3 rings (SSSR count). The molecule has 30 heavy (non-hydrogen) atoms. The second-order valence-electron chi connectivity index (χ2n) is 6.38. The van der Waals surface area contributed by atoms with E-state index in [4.69, 9.17) is 0 Å². The molecule has 0 aliphatic carbocycles. The number of nitrogens with zero attached hydrogens (tertiary/aromatic N) is 2. The first kappa shape index (κ1) is 21.0. The second-order valence-corrected chi connectivity index (χ2v) is 6.38. The second kappa shape index (κ2) is 8.76. The van der Waals surface area contributed by atoms with E-state index in [2.05, 4.69) is 15.7 Å². The number of nitrogens with one attached hydrogen (secondary N) is 2. The number of benzene rings is 2. The molecule has 0 saturated carbocycles. The SMILES string of the molecule is O=C(Cn1ncc2ccccc2c1=O)NCCNC(=O)c1ccc(C(F)(F)F)cc1. The number of fused-ring (bicyclic) bond motifs is 1. The minimum absolute atomic E-state index is 0.0612. The van der Waals surface area contributed by atoms with E-state index in [0.717, 1.165) is 28.9 Å². The Hall–Kier alpha value is -3.69. The largest absolute Gasteiger partial charge is 0.416 e. The molecule has 2 aromatic carbocycles. The van der Waals surface area contributed by atoms with Gasteiger partial charge in [-0.25, -0.2) is 4.68 Å². The molecule has 0 atom stereocenters. The number of amides is 2. The van der Waals surface area contributed by atoms with Crippen LogP contribution >= 0.6 is 0 Å². The number of aromatic nitrogens is 2. The molecule has 7 nitrogen and oxygen atoms in total. The van der Waals surface area contributed by atoms with Crippen molar-refractivity contribution in [2.45, 2.75) is 12.7 Å². The van der Waals surface area contributed by atoms with E-state index in [1.807, 2.05) is 0 Å². The predicted octanol–water partition coefficient (Wildman–Crippen LogP) is 1.96. The van der Waals surface area contributed by atoms with E-state index in [0.29, 0.717) is 10.8 Å². The quantitative estimate of drug-likeness (QED) is 0.599. The van der Waals surface area contributed by atoms with Crippen LogP contribution in [0.25, 0.3) is 10.8 Å². The van der Waals surface area contributed by atoms with Gasteiger partial charge in [-0.15, -0.1) is 0 Å². The summed E-state index contributed by atoms with van der Waals surface area (Å²) in [6.07, 6.45) is -2.98. The van der Waals surface area contributed by atoms with Gasteiger partial charge in [-0.1, -0.05) is 18.2 Å². The van der Waals surface area contributed by atoms with E-state index >= 15 is 0 Å². The summed E-state index contributed by atoms with van der Waals surface area (Å²) in [5.41, 5.74) is -1.16. The van der Waals surface area contributed by atoms with Gasteiger partial charge in [-0.3, -0.25) is 14.4 Å². The van der Waals surface area contributed by atoms with Gasteiger partial charge in [0, 0.05) is 24.0 Å². The number of carbonyl (C=O) groups excluding carboxylic acids is 2. The molecule has 1 heterocycles. The minimum Gasteiger partial charge on any atom is -0.353 e. The Balaban J connectivity index is 1.47. The maximum Gasteiger partial charge on any atom is 0.416 e. The van der Waals surface area contributed by atoms with Gasteiger partial charge in [-0.05, 0) is 30.3 Å². The Kier molecular flexibility index (Phi) is 6.14. The summed E-state index contributed by atoms with van der Waals surface area (Å²) in [5.74, 6) is -1.03. The van der Waals surface area contributed by atoms with E-state index in [-0.39, 0.29) is 30.8 Å². The Bertz CT molecular complexity index is 1120. The fraction of sp³-hybridized carbons (Fsp3) is 0.200. The zero-order valence-corrected chi connectivity index (χ0v) is 15.6. The number of halogens is 3. The van der Waals surface area contributed by atoms with Crippen LogP contribution in [-0.2, 0) is 17.5 Å². The van der Waals surface area contributed by atoms with Crippen molar-refractivity contribution in [1.82, 2.24) is 20.4 Å². The number of hydrogen-bond donors (Lipinski definition) is 2. The zero-order valence-electron chi connectivity index (χ0n) is 15.6. The first-order chi connectivity index (χ1) is 14.3. The van der Waals surface area contributed by atoms with Crippen molar-refractivity contribution >= 4 is 22.6 Å². The lowest BCUT2D eigenvalue weighted by atomic mass is 10.1. The Morgan fingerprint density at radius 1 is 0.967 bits per heavy atom. The van der Waals surface area contributed by atoms with Crippen LogP contribution in [0.2, 0.25) is 0 Å². The van der Waals surface area contributed by atoms with Gasteiger partial charge in [0.1, 0.15) is 6.54 Å². The molecule has 156 valence electrons. The van der Waals surface area contributed by atoms with Crippen molar-refractivity contribution in [1.29, 1.82) is 0 Å². The molecule has 2 amide bonds. The summed E-state index contributed by atoms with van der Waals surface area (Å²) >= 11 is 0. The highest BCUT2D eigenvalue weighted by Gasteiger charge is 2.30. The van der Waals surface area contributed by atoms with Crippen LogP contribution in [0.5, 0.6) is 0 Å². The van der Waals surface area contributed by atoms with Crippen LogP contribution in [0.4, 0.5) is 13.2 Å². The number of rotatable bonds is 6. The monoisotopic (exact) mass is 418 g/mol. The van der Waals surface area contributed by atoms with Crippen LogP contribution in [-0.4, -0.2) is 34.7 Å². The van der Waals surface area contributed by atoms with E-state index in [1.165, 1.54) is 6.20 Å². The van der Waals surface area contributed by atoms with Gasteiger partial charge in [0.25, 0.3) is 11.5 Å². The van der Waals surface area contributed by atoms with E-state index in [9.17, 15) is 27.6 Å². The van der Waals surface area contributed by atoms with Gasteiger partial charge in [-0.2, -0.15) is 18.3 Å². The number of hydrogen-bond acceptors (Lipinski definition) is 4. The zero-order chi connectivity index (χ0) is 21.7. The van der Waals surface area contributed by atoms with Crippen LogP contribution in [0, 0.1) is 0 Å². The topological polar surface area (TPSA) is 93.1 Å². The highest BCUT2D eigenvalue weighted by Crippen LogP contribution is 2.29. The average Bonchev–Trinajstić information content (AvgIpc) is 2.73. The standard InChI is InChI=1S/C20H17F3N4O3/c21-20(22,23)15-7-5-13(6-8-15)18(29)25-10-9-24-17(28)12-27-19(30)16-4-2-1-3-14(16)11-26-27/h1-8,11H,9-10,12H2,(H,24,28)(H,25,29). The summed E-state index contributed by atoms with van der Waals surface area (Å²) < 4.78 is 38.6. The van der Waals surface area contributed by atoms with Gasteiger partial charge in [0.2, 0.25) is 5.91 Å². The lowest BCUT2D eigenvalue weighted by molar-refractivity contribution is -0.137. The molecule has 2 N–H and O–H groups in total. The Morgan fingerprint density at radius 3 is 2.33 bits per heavy atom. The van der Waals surface area contributed by atoms with Crippen molar-refractivity contribution in [3.63, 3.8) is 0 Å². The minimum atomic E-state index is -4.47. The van der Waals surface area contributed by atoms with Gasteiger partial charge in [0.05, 0.1) is 17.1 Å². The number of alkyl halides is 3. The maximum absolute atomic E-state index is 12.5. The summed E-state index contributed by atoms with van der Waals surface area (Å²) in [7, 11) is 0. The van der Waals surface area contributed by atoms with Crippen molar-refractivity contribution in [2.24, 2.45) is 0 Å².